The minimum absolute atomic E-state index is 0.583. The molecule has 0 saturated carbocycles. The van der Waals surface area contributed by atoms with Crippen LogP contribution >= 0.6 is 0 Å². The molecule has 21 aromatic rings. The molecule has 568 valence electrons. The molecular weight excluding hydrogens is 1490 g/mol. The first-order valence-electron chi connectivity index (χ1n) is 41.2. The van der Waals surface area contributed by atoms with E-state index in [1.54, 1.807) is 0 Å². The Kier molecular flexibility index (Phi) is 16.2. The van der Waals surface area contributed by atoms with Crippen LogP contribution < -0.4 is 9.47 Å². The molecular formula is C112H68N8O2. The van der Waals surface area contributed by atoms with E-state index in [2.05, 4.69) is 315 Å². The minimum Gasteiger partial charge on any atom is -0.457 e. The normalized spacial score (nSPS) is 13.0. The number of fused-ring (bicyclic) bond motifs is 24. The van der Waals surface area contributed by atoms with E-state index in [1.165, 1.54) is 44.5 Å². The van der Waals surface area contributed by atoms with Crippen LogP contribution in [0.2, 0.25) is 0 Å². The Labute approximate surface area is 703 Å². The lowest BCUT2D eigenvalue weighted by Gasteiger charge is -2.39. The first kappa shape index (κ1) is 70.0. The fourth-order valence-electron chi connectivity index (χ4n) is 19.3. The second-order valence-corrected chi connectivity index (χ2v) is 31.4. The second kappa shape index (κ2) is 28.2. The molecule has 0 radical (unpaired) electrons. The van der Waals surface area contributed by atoms with E-state index >= 15 is 0 Å². The van der Waals surface area contributed by atoms with Crippen molar-refractivity contribution in [2.24, 2.45) is 0 Å². The monoisotopic (exact) mass is 1560 g/mol. The van der Waals surface area contributed by atoms with E-state index in [0.29, 0.717) is 34.9 Å². The van der Waals surface area contributed by atoms with Crippen LogP contribution in [0.4, 0.5) is 0 Å². The Morgan fingerprint density at radius 2 is 0.410 bits per heavy atom. The van der Waals surface area contributed by atoms with Gasteiger partial charge >= 0.3 is 0 Å². The maximum atomic E-state index is 6.65. The van der Waals surface area contributed by atoms with Crippen molar-refractivity contribution in [3.8, 4) is 147 Å². The van der Waals surface area contributed by atoms with Gasteiger partial charge in [-0.15, -0.1) is 0 Å². The number of hydrogen-bond donors (Lipinski definition) is 0. The zero-order chi connectivity index (χ0) is 80.4. The summed E-state index contributed by atoms with van der Waals surface area (Å²) in [6, 6.07) is 145. The Bertz CT molecular complexity index is 7660. The third-order valence-electron chi connectivity index (χ3n) is 24.7. The summed E-state index contributed by atoms with van der Waals surface area (Å²) in [6.07, 6.45) is 0. The van der Waals surface area contributed by atoms with Crippen molar-refractivity contribution in [2.45, 2.75) is 10.8 Å². The van der Waals surface area contributed by atoms with Crippen LogP contribution in [0.1, 0.15) is 44.5 Å². The van der Waals surface area contributed by atoms with Gasteiger partial charge in [0.05, 0.1) is 33.3 Å². The number of pyridine rings is 2. The Balaban J connectivity index is 0.000000139. The van der Waals surface area contributed by atoms with Crippen molar-refractivity contribution >= 4 is 43.4 Å². The predicted octanol–water partition coefficient (Wildman–Crippen LogP) is 27.1. The molecule has 17 aromatic carbocycles. The molecule has 6 heterocycles. The van der Waals surface area contributed by atoms with Gasteiger partial charge < -0.3 is 9.47 Å². The lowest BCUT2D eigenvalue weighted by atomic mass is 9.66. The average molecular weight is 1560 g/mol. The molecule has 2 spiro atoms. The van der Waals surface area contributed by atoms with E-state index in [1.807, 2.05) is 97.1 Å². The van der Waals surface area contributed by atoms with Crippen molar-refractivity contribution in [2.75, 3.05) is 0 Å². The van der Waals surface area contributed by atoms with E-state index in [9.17, 15) is 0 Å². The third-order valence-corrected chi connectivity index (χ3v) is 24.7. The van der Waals surface area contributed by atoms with Crippen molar-refractivity contribution in [1.29, 1.82) is 0 Å². The van der Waals surface area contributed by atoms with Crippen molar-refractivity contribution < 1.29 is 9.47 Å². The highest BCUT2D eigenvalue weighted by Crippen LogP contribution is 2.65. The summed E-state index contributed by atoms with van der Waals surface area (Å²) in [5.74, 6) is 7.14. The number of aromatic nitrogens is 8. The fourth-order valence-corrected chi connectivity index (χ4v) is 19.3. The molecule has 0 N–H and O–H groups in total. The standard InChI is InChI=1S/C59H36N4O.C53H32N4O/c1-4-16-37(17-5-1)38-28-30-41(31-29-38)57-61-56(40-20-8-3-9-21-40)62-58(63-57)42-32-33-44-45-36-51-46(35-47(45)55(60-52(44)34-42)39-18-6-2-7-19-39)43-22-10-11-23-48(43)59(51)49-24-12-14-26-53(49)64-54-27-15-13-25-50(54)59;1-4-16-33(17-5-1)49-41-31-40-37-22-10-11-23-42(37)53(43-24-12-14-26-47(43)58-48-27-15-13-25-44(48)53)45(40)32-39(41)38-29-28-36(30-46(38)54-49)52-56-50(34-18-6-2-7-19-34)55-51(57-52)35-20-8-3-9-21-35/h1-36H;1-32H. The first-order chi connectivity index (χ1) is 60.4. The molecule has 4 aromatic heterocycles. The molecule has 25 rings (SSSR count). The van der Waals surface area contributed by atoms with E-state index in [4.69, 9.17) is 49.3 Å². The number of hydrogen-bond acceptors (Lipinski definition) is 10. The van der Waals surface area contributed by atoms with Crippen LogP contribution in [0.5, 0.6) is 23.0 Å². The molecule has 2 aliphatic heterocycles. The largest absolute Gasteiger partial charge is 0.457 e. The van der Waals surface area contributed by atoms with Crippen molar-refractivity contribution in [3.05, 3.63) is 457 Å². The molecule has 122 heavy (non-hydrogen) atoms. The summed E-state index contributed by atoms with van der Waals surface area (Å²) in [7, 11) is 0. The maximum absolute atomic E-state index is 6.65. The molecule has 2 aliphatic carbocycles. The summed E-state index contributed by atoms with van der Waals surface area (Å²) >= 11 is 0. The summed E-state index contributed by atoms with van der Waals surface area (Å²) < 4.78 is 13.3. The van der Waals surface area contributed by atoms with Gasteiger partial charge in [0.25, 0.3) is 0 Å². The predicted molar refractivity (Wildman–Crippen MR) is 489 cm³/mol. The van der Waals surface area contributed by atoms with Crippen molar-refractivity contribution in [1.82, 2.24) is 39.9 Å². The lowest BCUT2D eigenvalue weighted by Crippen LogP contribution is -2.32. The number of benzene rings is 17. The fraction of sp³-hybridized carbons (Fsp3) is 0.0179. The van der Waals surface area contributed by atoms with Crippen LogP contribution in [0.3, 0.4) is 0 Å². The molecule has 10 heteroatoms. The van der Waals surface area contributed by atoms with Gasteiger partial charge in [0.1, 0.15) is 23.0 Å². The highest BCUT2D eigenvalue weighted by Gasteiger charge is 2.53. The van der Waals surface area contributed by atoms with Crippen LogP contribution in [-0.4, -0.2) is 39.9 Å². The summed E-state index contributed by atoms with van der Waals surface area (Å²) in [5, 5.41) is 6.56. The third kappa shape index (κ3) is 11.1. The maximum Gasteiger partial charge on any atom is 0.164 e. The number of ether oxygens (including phenoxy) is 2. The average Bonchev–Trinajstić information content (AvgIpc) is 1.52. The van der Waals surface area contributed by atoms with Gasteiger partial charge in [-0.05, 0) is 127 Å². The van der Waals surface area contributed by atoms with E-state index in [-0.39, 0.29) is 0 Å². The van der Waals surface area contributed by atoms with Gasteiger partial charge in [-0.1, -0.05) is 352 Å². The van der Waals surface area contributed by atoms with Gasteiger partial charge in [0.15, 0.2) is 34.9 Å². The van der Waals surface area contributed by atoms with Crippen LogP contribution in [0.15, 0.2) is 413 Å². The number of para-hydroxylation sites is 4. The molecule has 0 saturated heterocycles. The molecule has 0 atom stereocenters. The van der Waals surface area contributed by atoms with Crippen LogP contribution in [0.25, 0.3) is 168 Å². The zero-order valence-corrected chi connectivity index (χ0v) is 65.7. The van der Waals surface area contributed by atoms with E-state index < -0.39 is 10.8 Å². The quantitative estimate of drug-likeness (QED) is 0.129. The van der Waals surface area contributed by atoms with Gasteiger partial charge in [0.2, 0.25) is 0 Å². The second-order valence-electron chi connectivity index (χ2n) is 31.4. The number of nitrogens with zero attached hydrogens (tertiary/aromatic N) is 8. The zero-order valence-electron chi connectivity index (χ0n) is 65.7. The molecule has 10 nitrogen and oxygen atoms in total. The smallest absolute Gasteiger partial charge is 0.164 e. The highest BCUT2D eigenvalue weighted by molar-refractivity contribution is 6.16. The first-order valence-corrected chi connectivity index (χ1v) is 41.2. The van der Waals surface area contributed by atoms with Crippen molar-refractivity contribution in [3.63, 3.8) is 0 Å². The van der Waals surface area contributed by atoms with Gasteiger partial charge in [0, 0.05) is 88.3 Å². The van der Waals surface area contributed by atoms with Gasteiger partial charge in [-0.3, -0.25) is 0 Å². The molecule has 0 bridgehead atoms. The SMILES string of the molecule is c1ccc(-c2ccc(-c3nc(-c4ccccc4)nc(-c4ccc5c(c4)nc(-c4ccccc4)c4cc6c(cc45)C4(c5ccccc5Oc5ccccc54)c4ccccc4-6)n3)cc2)cc1.c1ccc(-c2nc(-c3ccccc3)nc(-c3ccc4c(c3)nc(-c3ccccc3)c3cc5c(cc34)C3(c4ccccc4Oc4ccccc43)c3ccccc3-5)n2)cc1. The molecule has 0 amide bonds. The molecule has 0 fully saturated rings. The summed E-state index contributed by atoms with van der Waals surface area (Å²) in [5.41, 5.74) is 26.6. The molecule has 4 aliphatic rings. The van der Waals surface area contributed by atoms with Crippen LogP contribution in [0, 0.1) is 0 Å². The molecule has 0 unspecified atom stereocenters. The summed E-state index contributed by atoms with van der Waals surface area (Å²) in [4.78, 5) is 41.4. The Morgan fingerprint density at radius 1 is 0.156 bits per heavy atom. The summed E-state index contributed by atoms with van der Waals surface area (Å²) in [6.45, 7) is 0. The lowest BCUT2D eigenvalue weighted by molar-refractivity contribution is 0.436. The minimum atomic E-state index is -0.595. The van der Waals surface area contributed by atoms with Gasteiger partial charge in [-0.25, -0.2) is 39.9 Å². The topological polar surface area (TPSA) is 122 Å². The number of rotatable bonds is 9. The van der Waals surface area contributed by atoms with Crippen LogP contribution in [-0.2, 0) is 10.8 Å². The van der Waals surface area contributed by atoms with Gasteiger partial charge in [-0.2, -0.15) is 0 Å². The van der Waals surface area contributed by atoms with E-state index in [0.717, 1.165) is 156 Å². The Morgan fingerprint density at radius 3 is 0.754 bits per heavy atom. The Hall–Kier alpha value is -16.3. The highest BCUT2D eigenvalue weighted by atomic mass is 16.5.